The molecule has 1 aromatic carbocycles. The summed E-state index contributed by atoms with van der Waals surface area (Å²) in [5, 5.41) is 11.8. The van der Waals surface area contributed by atoms with Gasteiger partial charge in [-0.3, -0.25) is 4.79 Å². The van der Waals surface area contributed by atoms with Crippen LogP contribution < -0.4 is 15.0 Å². The fourth-order valence-electron chi connectivity index (χ4n) is 4.80. The Hall–Kier alpha value is -3.80. The Kier molecular flexibility index (Phi) is 8.87. The standard InChI is InChI=1S/C28H32F4N6O2/c1-4-40-25-20(6-5-13-33-25)22-8-10-24(36-35-22)27(26(39)34-14-17-37(2)3)11-15-38(16-12-27)23-9-7-19(18-21(23)29)28(30,31)32/h5-10,13,18H,4,11-12,14-17H2,1-3H3,(H,34,39). The van der Waals surface area contributed by atoms with E-state index >= 15 is 0 Å². The van der Waals surface area contributed by atoms with Crippen molar-refractivity contribution in [1.82, 2.24) is 25.4 Å². The Morgan fingerprint density at radius 3 is 2.48 bits per heavy atom. The van der Waals surface area contributed by atoms with Crippen molar-refractivity contribution >= 4 is 11.6 Å². The number of hydrogen-bond acceptors (Lipinski definition) is 7. The molecule has 3 aromatic rings. The summed E-state index contributed by atoms with van der Waals surface area (Å²) < 4.78 is 59.4. The molecule has 12 heteroatoms. The molecule has 2 aromatic heterocycles. The molecule has 0 spiro atoms. The van der Waals surface area contributed by atoms with Crippen molar-refractivity contribution in [2.45, 2.75) is 31.4 Å². The van der Waals surface area contributed by atoms with Crippen molar-refractivity contribution in [1.29, 1.82) is 0 Å². The van der Waals surface area contributed by atoms with Gasteiger partial charge >= 0.3 is 6.18 Å². The number of aromatic nitrogens is 3. The first-order chi connectivity index (χ1) is 19.0. The van der Waals surface area contributed by atoms with Gasteiger partial charge in [0, 0.05) is 32.4 Å². The molecule has 214 valence electrons. The van der Waals surface area contributed by atoms with Crippen LogP contribution in [-0.4, -0.2) is 72.9 Å². The number of rotatable bonds is 9. The molecule has 0 atom stereocenters. The number of hydrogen-bond donors (Lipinski definition) is 1. The maximum absolute atomic E-state index is 14.7. The molecule has 0 saturated carbocycles. The number of alkyl halides is 3. The Morgan fingerprint density at radius 1 is 1.12 bits per heavy atom. The third-order valence-corrected chi connectivity index (χ3v) is 6.99. The van der Waals surface area contributed by atoms with Gasteiger partial charge in [0.05, 0.1) is 40.2 Å². The minimum Gasteiger partial charge on any atom is -0.477 e. The summed E-state index contributed by atoms with van der Waals surface area (Å²) in [5.74, 6) is -0.751. The number of pyridine rings is 1. The molecule has 1 fully saturated rings. The highest BCUT2D eigenvalue weighted by Gasteiger charge is 2.45. The second-order valence-electron chi connectivity index (χ2n) is 9.89. The molecular formula is C28H32F4N6O2. The summed E-state index contributed by atoms with van der Waals surface area (Å²) in [5.41, 5.74) is -0.358. The molecule has 0 bridgehead atoms. The van der Waals surface area contributed by atoms with Gasteiger partial charge in [-0.2, -0.15) is 23.4 Å². The number of halogens is 4. The SMILES string of the molecule is CCOc1ncccc1-c1ccc(C2(C(=O)NCCN(C)C)CCN(c3ccc(C(F)(F)F)cc3F)CC2)nn1. The van der Waals surface area contributed by atoms with Crippen LogP contribution in [0.1, 0.15) is 31.0 Å². The van der Waals surface area contributed by atoms with E-state index in [0.29, 0.717) is 48.6 Å². The lowest BCUT2D eigenvalue weighted by Gasteiger charge is -2.41. The number of ether oxygens (including phenoxy) is 1. The quantitative estimate of drug-likeness (QED) is 0.391. The van der Waals surface area contributed by atoms with Crippen molar-refractivity contribution in [2.75, 3.05) is 51.8 Å². The molecule has 0 radical (unpaired) electrons. The number of carbonyl (C=O) groups is 1. The molecule has 3 heterocycles. The van der Waals surface area contributed by atoms with E-state index in [-0.39, 0.29) is 37.5 Å². The van der Waals surface area contributed by atoms with Gasteiger partial charge in [0.2, 0.25) is 11.8 Å². The van der Waals surface area contributed by atoms with Gasteiger partial charge < -0.3 is 19.9 Å². The van der Waals surface area contributed by atoms with Crippen molar-refractivity contribution in [2.24, 2.45) is 0 Å². The number of amides is 1. The summed E-state index contributed by atoms with van der Waals surface area (Å²) in [7, 11) is 3.80. The summed E-state index contributed by atoms with van der Waals surface area (Å²) in [6.45, 7) is 3.82. The van der Waals surface area contributed by atoms with Gasteiger partial charge in [0.15, 0.2) is 0 Å². The summed E-state index contributed by atoms with van der Waals surface area (Å²) in [6, 6.07) is 9.62. The smallest absolute Gasteiger partial charge is 0.416 e. The topological polar surface area (TPSA) is 83.5 Å². The molecule has 1 aliphatic heterocycles. The van der Waals surface area contributed by atoms with E-state index in [9.17, 15) is 22.4 Å². The fourth-order valence-corrected chi connectivity index (χ4v) is 4.80. The first-order valence-electron chi connectivity index (χ1n) is 13.0. The molecule has 1 saturated heterocycles. The minimum atomic E-state index is -4.63. The Bertz CT molecular complexity index is 1310. The average Bonchev–Trinajstić information content (AvgIpc) is 2.93. The number of nitrogens with zero attached hydrogens (tertiary/aromatic N) is 5. The van der Waals surface area contributed by atoms with E-state index in [2.05, 4.69) is 20.5 Å². The predicted octanol–water partition coefficient (Wildman–Crippen LogP) is 4.31. The van der Waals surface area contributed by atoms with Crippen molar-refractivity contribution in [3.63, 3.8) is 0 Å². The second kappa shape index (κ2) is 12.2. The Balaban J connectivity index is 1.60. The third kappa shape index (κ3) is 6.33. The highest BCUT2D eigenvalue weighted by Crippen LogP contribution is 2.39. The molecular weight excluding hydrogens is 528 g/mol. The highest BCUT2D eigenvalue weighted by atomic mass is 19.4. The minimum absolute atomic E-state index is 0.0658. The third-order valence-electron chi connectivity index (χ3n) is 6.99. The van der Waals surface area contributed by atoms with E-state index in [4.69, 9.17) is 4.74 Å². The number of likely N-dealkylation sites (N-methyl/N-ethyl adjacent to an activating group) is 1. The lowest BCUT2D eigenvalue weighted by molar-refractivity contribution is -0.137. The molecule has 1 N–H and O–H groups in total. The highest BCUT2D eigenvalue weighted by molar-refractivity contribution is 5.88. The molecule has 4 rings (SSSR count). The van der Waals surface area contributed by atoms with E-state index in [1.807, 2.05) is 32.0 Å². The Morgan fingerprint density at radius 2 is 1.88 bits per heavy atom. The summed E-state index contributed by atoms with van der Waals surface area (Å²) in [4.78, 5) is 21.5. The molecule has 1 aliphatic rings. The van der Waals surface area contributed by atoms with Crippen LogP contribution in [0.25, 0.3) is 11.3 Å². The van der Waals surface area contributed by atoms with Crippen LogP contribution in [-0.2, 0) is 16.4 Å². The maximum Gasteiger partial charge on any atom is 0.416 e. The van der Waals surface area contributed by atoms with E-state index in [0.717, 1.165) is 12.1 Å². The number of carbonyl (C=O) groups excluding carboxylic acids is 1. The van der Waals surface area contributed by atoms with Crippen LogP contribution in [0.4, 0.5) is 23.2 Å². The first kappa shape index (κ1) is 29.2. The average molecular weight is 561 g/mol. The van der Waals surface area contributed by atoms with Crippen LogP contribution >= 0.6 is 0 Å². The van der Waals surface area contributed by atoms with Crippen LogP contribution in [0.15, 0.2) is 48.7 Å². The lowest BCUT2D eigenvalue weighted by atomic mass is 9.74. The molecule has 0 aliphatic carbocycles. The largest absolute Gasteiger partial charge is 0.477 e. The predicted molar refractivity (Wildman–Crippen MR) is 143 cm³/mol. The van der Waals surface area contributed by atoms with Crippen molar-refractivity contribution in [3.8, 4) is 17.1 Å². The van der Waals surface area contributed by atoms with Crippen LogP contribution in [0.2, 0.25) is 0 Å². The first-order valence-corrected chi connectivity index (χ1v) is 13.0. The van der Waals surface area contributed by atoms with Gasteiger partial charge in [-0.25, -0.2) is 9.37 Å². The van der Waals surface area contributed by atoms with Gasteiger partial charge in [-0.15, -0.1) is 0 Å². The molecule has 40 heavy (non-hydrogen) atoms. The number of anilines is 1. The molecule has 0 unspecified atom stereocenters. The molecule has 1 amide bonds. The van der Waals surface area contributed by atoms with Gasteiger partial charge in [0.25, 0.3) is 0 Å². The zero-order valence-corrected chi connectivity index (χ0v) is 22.6. The second-order valence-corrected chi connectivity index (χ2v) is 9.89. The number of benzene rings is 1. The van der Waals surface area contributed by atoms with Crippen molar-refractivity contribution < 1.29 is 27.1 Å². The molecule has 8 nitrogen and oxygen atoms in total. The van der Waals surface area contributed by atoms with Crippen LogP contribution in [0.3, 0.4) is 0 Å². The summed E-state index contributed by atoms with van der Waals surface area (Å²) >= 11 is 0. The van der Waals surface area contributed by atoms with E-state index < -0.39 is 23.0 Å². The van der Waals surface area contributed by atoms with Crippen LogP contribution in [0.5, 0.6) is 5.88 Å². The van der Waals surface area contributed by atoms with Crippen LogP contribution in [0, 0.1) is 5.82 Å². The fraction of sp³-hybridized carbons (Fsp3) is 0.429. The number of piperidine rings is 1. The van der Waals surface area contributed by atoms with Crippen molar-refractivity contribution in [3.05, 3.63) is 65.7 Å². The van der Waals surface area contributed by atoms with Gasteiger partial charge in [-0.1, -0.05) is 0 Å². The normalized spacial score (nSPS) is 15.2. The summed E-state index contributed by atoms with van der Waals surface area (Å²) in [6.07, 6.45) is -2.47. The van der Waals surface area contributed by atoms with E-state index in [1.165, 1.54) is 0 Å². The van der Waals surface area contributed by atoms with Gasteiger partial charge in [-0.05, 0) is 76.3 Å². The monoisotopic (exact) mass is 560 g/mol. The number of nitrogens with one attached hydrogen (secondary N) is 1. The zero-order valence-electron chi connectivity index (χ0n) is 22.6. The maximum atomic E-state index is 14.7. The van der Waals surface area contributed by atoms with E-state index in [1.54, 1.807) is 29.3 Å². The lowest BCUT2D eigenvalue weighted by Crippen LogP contribution is -2.53. The zero-order chi connectivity index (χ0) is 28.9. The van der Waals surface area contributed by atoms with Gasteiger partial charge in [0.1, 0.15) is 5.82 Å². The Labute approximate surface area is 230 Å².